The van der Waals surface area contributed by atoms with Gasteiger partial charge >= 0.3 is 11.9 Å². The summed E-state index contributed by atoms with van der Waals surface area (Å²) in [5.41, 5.74) is 0.253. The summed E-state index contributed by atoms with van der Waals surface area (Å²) in [6.07, 6.45) is 0. The average molecular weight is 266 g/mol. The van der Waals surface area contributed by atoms with Gasteiger partial charge in [-0.2, -0.15) is 0 Å². The molecule has 0 aromatic heterocycles. The molecule has 0 aliphatic carbocycles. The Bertz CT molecular complexity index is 462. The fraction of sp³-hybridized carbons (Fsp3) is 0.385. The molecule has 18 heavy (non-hydrogen) atoms. The fourth-order valence-electron chi connectivity index (χ4n) is 1.18. The van der Waals surface area contributed by atoms with Crippen LogP contribution in [0.2, 0.25) is 19.6 Å². The number of esters is 1. The molecule has 1 unspecified atom stereocenters. The molecule has 0 aliphatic rings. The number of hydrogen-bond acceptors (Lipinski definition) is 3. The Morgan fingerprint density at radius 3 is 2.28 bits per heavy atom. The molecule has 1 aromatic carbocycles. The van der Waals surface area contributed by atoms with Crippen molar-refractivity contribution in [1.29, 1.82) is 0 Å². The van der Waals surface area contributed by atoms with Gasteiger partial charge in [0.1, 0.15) is 0 Å². The normalized spacial score (nSPS) is 12.9. The van der Waals surface area contributed by atoms with Gasteiger partial charge in [0.15, 0.2) is 0 Å². The monoisotopic (exact) mass is 266 g/mol. The maximum Gasteiger partial charge on any atom is 0.338 e. The molecule has 1 aromatic rings. The summed E-state index contributed by atoms with van der Waals surface area (Å²) in [6.45, 7) is 8.21. The Morgan fingerprint density at radius 2 is 1.78 bits per heavy atom. The Balaban J connectivity index is 2.85. The summed E-state index contributed by atoms with van der Waals surface area (Å²) < 4.78 is 5.37. The zero-order valence-electron chi connectivity index (χ0n) is 11.1. The second-order valence-corrected chi connectivity index (χ2v) is 10.8. The van der Waals surface area contributed by atoms with Crippen molar-refractivity contribution in [3.05, 3.63) is 35.4 Å². The van der Waals surface area contributed by atoms with Crippen LogP contribution in [0.25, 0.3) is 0 Å². The number of aromatic carboxylic acids is 1. The third-order valence-corrected chi connectivity index (χ3v) is 5.41. The number of ether oxygens (including phenoxy) is 1. The smallest absolute Gasteiger partial charge is 0.338 e. The zero-order valence-corrected chi connectivity index (χ0v) is 12.1. The van der Waals surface area contributed by atoms with E-state index in [1.165, 1.54) is 12.1 Å². The van der Waals surface area contributed by atoms with Gasteiger partial charge in [0, 0.05) is 0 Å². The number of carboxylic acid groups (broad SMARTS) is 1. The molecule has 0 bridgehead atoms. The predicted octanol–water partition coefficient (Wildman–Crippen LogP) is 2.81. The molecule has 0 fully saturated rings. The molecule has 0 saturated heterocycles. The number of benzene rings is 1. The van der Waals surface area contributed by atoms with E-state index in [1.807, 2.05) is 6.92 Å². The zero-order chi connectivity index (χ0) is 13.9. The van der Waals surface area contributed by atoms with Gasteiger partial charge < -0.3 is 9.84 Å². The summed E-state index contributed by atoms with van der Waals surface area (Å²) in [4.78, 5) is 22.7. The van der Waals surface area contributed by atoms with Gasteiger partial charge in [-0.05, 0) is 25.1 Å². The molecule has 0 saturated carbocycles. The lowest BCUT2D eigenvalue weighted by Gasteiger charge is -2.24. The molecule has 0 radical (unpaired) electrons. The minimum absolute atomic E-state index is 0.0881. The first-order valence-corrected chi connectivity index (χ1v) is 9.34. The van der Waals surface area contributed by atoms with Gasteiger partial charge in [-0.25, -0.2) is 9.59 Å². The molecule has 5 heteroatoms. The van der Waals surface area contributed by atoms with Gasteiger partial charge in [-0.15, -0.1) is 0 Å². The maximum atomic E-state index is 11.9. The Kier molecular flexibility index (Phi) is 4.29. The topological polar surface area (TPSA) is 63.6 Å². The number of rotatable bonds is 4. The lowest BCUT2D eigenvalue weighted by atomic mass is 10.1. The highest BCUT2D eigenvalue weighted by atomic mass is 28.3. The number of carboxylic acids is 1. The third-order valence-electron chi connectivity index (χ3n) is 2.85. The van der Waals surface area contributed by atoms with Crippen LogP contribution < -0.4 is 0 Å². The Morgan fingerprint density at radius 1 is 1.22 bits per heavy atom. The van der Waals surface area contributed by atoms with Crippen LogP contribution in [0, 0.1) is 0 Å². The Labute approximate surface area is 108 Å². The standard InChI is InChI=1S/C13H18O4Si/c1-9(18(2,3)4)17-13(16)11-7-5-6-10(8-11)12(14)15/h5-9H,1-4H3,(H,14,15). The molecule has 4 nitrogen and oxygen atoms in total. The van der Waals surface area contributed by atoms with Crippen molar-refractivity contribution in [3.8, 4) is 0 Å². The van der Waals surface area contributed by atoms with Crippen molar-refractivity contribution in [3.63, 3.8) is 0 Å². The van der Waals surface area contributed by atoms with Crippen molar-refractivity contribution in [2.75, 3.05) is 0 Å². The van der Waals surface area contributed by atoms with Crippen molar-refractivity contribution in [2.45, 2.75) is 32.3 Å². The van der Waals surface area contributed by atoms with Crippen LogP contribution in [0.4, 0.5) is 0 Å². The summed E-state index contributed by atoms with van der Waals surface area (Å²) >= 11 is 0. The summed E-state index contributed by atoms with van der Waals surface area (Å²) in [5.74, 6) is -1.52. The quantitative estimate of drug-likeness (QED) is 0.672. The van der Waals surface area contributed by atoms with Crippen molar-refractivity contribution in [2.24, 2.45) is 0 Å². The number of hydrogen-bond donors (Lipinski definition) is 1. The molecule has 1 N–H and O–H groups in total. The van der Waals surface area contributed by atoms with E-state index in [0.29, 0.717) is 0 Å². The Hall–Kier alpha value is -1.62. The van der Waals surface area contributed by atoms with Gasteiger partial charge in [-0.3, -0.25) is 0 Å². The third kappa shape index (κ3) is 3.70. The van der Waals surface area contributed by atoms with Crippen LogP contribution in [0.15, 0.2) is 24.3 Å². The molecule has 0 heterocycles. The SMILES string of the molecule is CC(OC(=O)c1cccc(C(=O)O)c1)[Si](C)(C)C. The highest BCUT2D eigenvalue weighted by molar-refractivity contribution is 6.77. The second-order valence-electron chi connectivity index (χ2n) is 5.30. The van der Waals surface area contributed by atoms with Gasteiger partial charge in [0.2, 0.25) is 0 Å². The molecule has 0 amide bonds. The van der Waals surface area contributed by atoms with Crippen molar-refractivity contribution >= 4 is 20.0 Å². The van der Waals surface area contributed by atoms with Crippen LogP contribution in [-0.2, 0) is 4.74 Å². The summed E-state index contributed by atoms with van der Waals surface area (Å²) in [7, 11) is -1.55. The fourth-order valence-corrected chi connectivity index (χ4v) is 1.65. The largest absolute Gasteiger partial charge is 0.478 e. The lowest BCUT2D eigenvalue weighted by molar-refractivity contribution is 0.0455. The first kappa shape index (κ1) is 14.4. The van der Waals surface area contributed by atoms with Crippen LogP contribution in [0.5, 0.6) is 0 Å². The molecular weight excluding hydrogens is 248 g/mol. The van der Waals surface area contributed by atoms with Crippen molar-refractivity contribution < 1.29 is 19.4 Å². The predicted molar refractivity (Wildman–Crippen MR) is 71.6 cm³/mol. The highest BCUT2D eigenvalue weighted by Gasteiger charge is 2.26. The molecule has 0 spiro atoms. The molecular formula is C13H18O4Si. The highest BCUT2D eigenvalue weighted by Crippen LogP contribution is 2.14. The van der Waals surface area contributed by atoms with E-state index in [1.54, 1.807) is 12.1 Å². The first-order chi connectivity index (χ1) is 8.21. The second kappa shape index (κ2) is 5.35. The maximum absolute atomic E-state index is 11.9. The minimum atomic E-state index is -1.55. The average Bonchev–Trinajstić information content (AvgIpc) is 2.27. The number of carbonyl (C=O) groups excluding carboxylic acids is 1. The van der Waals surface area contributed by atoms with E-state index in [9.17, 15) is 9.59 Å². The summed E-state index contributed by atoms with van der Waals surface area (Å²) in [6, 6.07) is 5.88. The van der Waals surface area contributed by atoms with Crippen molar-refractivity contribution in [1.82, 2.24) is 0 Å². The van der Waals surface area contributed by atoms with E-state index < -0.39 is 20.0 Å². The molecule has 1 atom stereocenters. The van der Waals surface area contributed by atoms with E-state index >= 15 is 0 Å². The lowest BCUT2D eigenvalue weighted by Crippen LogP contribution is -2.39. The van der Waals surface area contributed by atoms with Gasteiger partial charge in [0.25, 0.3) is 0 Å². The van der Waals surface area contributed by atoms with Gasteiger partial charge in [-0.1, -0.05) is 25.7 Å². The number of carbonyl (C=O) groups is 2. The van der Waals surface area contributed by atoms with Crippen LogP contribution in [0.1, 0.15) is 27.6 Å². The summed E-state index contributed by atoms with van der Waals surface area (Å²) in [5, 5.41) is 8.86. The first-order valence-electron chi connectivity index (χ1n) is 5.76. The van der Waals surface area contributed by atoms with E-state index in [4.69, 9.17) is 9.84 Å². The van der Waals surface area contributed by atoms with E-state index in [0.717, 1.165) is 0 Å². The van der Waals surface area contributed by atoms with Crippen LogP contribution in [-0.4, -0.2) is 30.8 Å². The molecule has 0 aliphatic heterocycles. The van der Waals surface area contributed by atoms with E-state index in [-0.39, 0.29) is 16.9 Å². The van der Waals surface area contributed by atoms with Gasteiger partial charge in [0.05, 0.1) is 24.9 Å². The van der Waals surface area contributed by atoms with E-state index in [2.05, 4.69) is 19.6 Å². The minimum Gasteiger partial charge on any atom is -0.478 e. The van der Waals surface area contributed by atoms with Crippen LogP contribution >= 0.6 is 0 Å². The molecule has 98 valence electrons. The van der Waals surface area contributed by atoms with Crippen LogP contribution in [0.3, 0.4) is 0 Å². The molecule has 1 rings (SSSR count).